The van der Waals surface area contributed by atoms with Crippen molar-refractivity contribution in [1.29, 1.82) is 0 Å². The van der Waals surface area contributed by atoms with Crippen LogP contribution in [-0.4, -0.2) is 36.3 Å². The van der Waals surface area contributed by atoms with E-state index in [4.69, 9.17) is 11.6 Å². The molecule has 0 aliphatic carbocycles. The molecular weight excluding hydrogens is 454 g/mol. The molecule has 1 fully saturated rings. The lowest BCUT2D eigenvalue weighted by atomic mass is 9.94. The summed E-state index contributed by atoms with van der Waals surface area (Å²) >= 11 is 7.43. The number of aromatic nitrogens is 1. The Morgan fingerprint density at radius 1 is 1.10 bits per heavy atom. The summed E-state index contributed by atoms with van der Waals surface area (Å²) in [7, 11) is -1.74. The zero-order valence-electron chi connectivity index (χ0n) is 17.6. The summed E-state index contributed by atoms with van der Waals surface area (Å²) in [6.07, 6.45) is 1.03. The van der Waals surface area contributed by atoms with Gasteiger partial charge in [0, 0.05) is 30.7 Å². The molecule has 3 aromatic rings. The summed E-state index contributed by atoms with van der Waals surface area (Å²) in [5, 5.41) is 0.626. The van der Waals surface area contributed by atoms with Gasteiger partial charge in [-0.1, -0.05) is 36.8 Å². The summed E-state index contributed by atoms with van der Waals surface area (Å²) in [5.74, 6) is 0.239. The average molecular weight is 478 g/mol. The molecule has 2 aromatic carbocycles. The van der Waals surface area contributed by atoms with Gasteiger partial charge in [0.2, 0.25) is 10.0 Å². The number of hydrogen-bond acceptors (Lipinski definition) is 4. The van der Waals surface area contributed by atoms with E-state index in [1.54, 1.807) is 10.4 Å². The Kier molecular flexibility index (Phi) is 6.09. The molecular formula is C22H24ClN3O3S2. The predicted molar refractivity (Wildman–Crippen MR) is 124 cm³/mol. The molecule has 1 aliphatic heterocycles. The molecule has 1 amide bonds. The predicted octanol–water partition coefficient (Wildman–Crippen LogP) is 4.30. The second kappa shape index (κ2) is 8.50. The SMILES string of the molecule is C[C@@H]1C[C@H](C)CN(S(=O)(=O)c2ccc(C(=O)N=c3sc4cc(Cl)ccc4n3C)cc2)C1. The van der Waals surface area contributed by atoms with Crippen molar-refractivity contribution in [2.24, 2.45) is 23.9 Å². The lowest BCUT2D eigenvalue weighted by Crippen LogP contribution is -2.42. The fourth-order valence-electron chi connectivity index (χ4n) is 4.09. The number of nitrogens with zero attached hydrogens (tertiary/aromatic N) is 3. The van der Waals surface area contributed by atoms with E-state index < -0.39 is 15.9 Å². The highest BCUT2D eigenvalue weighted by Crippen LogP contribution is 2.27. The normalized spacial score (nSPS) is 21.0. The Bertz CT molecular complexity index is 1300. The van der Waals surface area contributed by atoms with Gasteiger partial charge in [0.25, 0.3) is 5.91 Å². The number of halogens is 1. The van der Waals surface area contributed by atoms with E-state index >= 15 is 0 Å². The van der Waals surface area contributed by atoms with Gasteiger partial charge in [-0.05, 0) is 60.7 Å². The van der Waals surface area contributed by atoms with Gasteiger partial charge in [0.1, 0.15) is 0 Å². The largest absolute Gasteiger partial charge is 0.319 e. The number of rotatable bonds is 3. The number of aryl methyl sites for hydroxylation is 1. The number of carbonyl (C=O) groups excluding carboxylic acids is 1. The van der Waals surface area contributed by atoms with Crippen molar-refractivity contribution >= 4 is 49.1 Å². The Hall–Kier alpha value is -2.00. The number of benzene rings is 2. The minimum atomic E-state index is -3.58. The van der Waals surface area contributed by atoms with Crippen molar-refractivity contribution in [3.8, 4) is 0 Å². The van der Waals surface area contributed by atoms with Gasteiger partial charge in [-0.25, -0.2) is 8.42 Å². The Morgan fingerprint density at radius 3 is 2.39 bits per heavy atom. The van der Waals surface area contributed by atoms with Crippen LogP contribution >= 0.6 is 22.9 Å². The topological polar surface area (TPSA) is 71.7 Å². The molecule has 0 bridgehead atoms. The van der Waals surface area contributed by atoms with E-state index in [9.17, 15) is 13.2 Å². The van der Waals surface area contributed by atoms with Gasteiger partial charge in [-0.3, -0.25) is 4.79 Å². The maximum atomic E-state index is 13.0. The molecule has 0 spiro atoms. The van der Waals surface area contributed by atoms with Crippen molar-refractivity contribution in [2.45, 2.75) is 25.2 Å². The molecule has 31 heavy (non-hydrogen) atoms. The minimum Gasteiger partial charge on any atom is -0.319 e. The van der Waals surface area contributed by atoms with Crippen molar-refractivity contribution in [3.63, 3.8) is 0 Å². The van der Waals surface area contributed by atoms with E-state index in [0.29, 0.717) is 40.3 Å². The molecule has 1 aromatic heterocycles. The monoisotopic (exact) mass is 477 g/mol. The first-order chi connectivity index (χ1) is 14.6. The lowest BCUT2D eigenvalue weighted by Gasteiger charge is -2.34. The fourth-order valence-corrected chi connectivity index (χ4v) is 7.06. The van der Waals surface area contributed by atoms with Crippen molar-refractivity contribution in [3.05, 3.63) is 57.9 Å². The molecule has 0 unspecified atom stereocenters. The lowest BCUT2D eigenvalue weighted by molar-refractivity contribution is 0.0998. The molecule has 1 aliphatic rings. The first kappa shape index (κ1) is 22.2. The van der Waals surface area contributed by atoms with Crippen LogP contribution in [0.5, 0.6) is 0 Å². The zero-order valence-corrected chi connectivity index (χ0v) is 20.0. The molecule has 9 heteroatoms. The van der Waals surface area contributed by atoms with Crippen LogP contribution in [0.25, 0.3) is 10.2 Å². The van der Waals surface area contributed by atoms with E-state index in [0.717, 1.165) is 16.6 Å². The number of thiazole rings is 1. The number of piperidine rings is 1. The summed E-state index contributed by atoms with van der Waals surface area (Å²) in [4.78, 5) is 17.7. The number of amides is 1. The molecule has 0 radical (unpaired) electrons. The van der Waals surface area contributed by atoms with Crippen LogP contribution in [0, 0.1) is 11.8 Å². The van der Waals surface area contributed by atoms with Crippen molar-refractivity contribution in [1.82, 2.24) is 8.87 Å². The standard InChI is InChI=1S/C22H24ClN3O3S2/c1-14-10-15(2)13-26(12-14)31(28,29)18-7-4-16(5-8-18)21(27)24-22-25(3)19-9-6-17(23)11-20(19)30-22/h4-9,11,14-15H,10,12-13H2,1-3H3/t14-,15+. The summed E-state index contributed by atoms with van der Waals surface area (Å²) < 4.78 is 30.4. The van der Waals surface area contributed by atoms with Crippen LogP contribution in [0.2, 0.25) is 5.02 Å². The van der Waals surface area contributed by atoms with Gasteiger partial charge in [-0.15, -0.1) is 0 Å². The van der Waals surface area contributed by atoms with Crippen LogP contribution in [0.4, 0.5) is 0 Å². The number of hydrogen-bond donors (Lipinski definition) is 0. The molecule has 2 heterocycles. The Labute approximate surface area is 190 Å². The first-order valence-corrected chi connectivity index (χ1v) is 12.7. The second-order valence-corrected chi connectivity index (χ2v) is 11.6. The average Bonchev–Trinajstić information content (AvgIpc) is 3.01. The van der Waals surface area contributed by atoms with Gasteiger partial charge in [0.15, 0.2) is 4.80 Å². The van der Waals surface area contributed by atoms with Gasteiger partial charge >= 0.3 is 0 Å². The third kappa shape index (κ3) is 4.48. The van der Waals surface area contributed by atoms with E-state index in [2.05, 4.69) is 18.8 Å². The van der Waals surface area contributed by atoms with Crippen LogP contribution in [0.3, 0.4) is 0 Å². The first-order valence-electron chi connectivity index (χ1n) is 10.1. The fraction of sp³-hybridized carbons (Fsp3) is 0.364. The van der Waals surface area contributed by atoms with Crippen LogP contribution in [-0.2, 0) is 17.1 Å². The van der Waals surface area contributed by atoms with Gasteiger partial charge in [0.05, 0.1) is 15.1 Å². The van der Waals surface area contributed by atoms with E-state index in [1.165, 1.54) is 35.6 Å². The highest BCUT2D eigenvalue weighted by molar-refractivity contribution is 7.89. The Balaban J connectivity index is 1.60. The number of carbonyl (C=O) groups is 1. The molecule has 0 saturated carbocycles. The van der Waals surface area contributed by atoms with Crippen molar-refractivity contribution < 1.29 is 13.2 Å². The quantitative estimate of drug-likeness (QED) is 0.564. The highest BCUT2D eigenvalue weighted by Gasteiger charge is 2.31. The number of fused-ring (bicyclic) bond motifs is 1. The third-order valence-corrected chi connectivity index (χ3v) is 8.72. The summed E-state index contributed by atoms with van der Waals surface area (Å²) in [5.41, 5.74) is 1.28. The third-order valence-electron chi connectivity index (χ3n) is 5.54. The zero-order chi connectivity index (χ0) is 22.3. The molecule has 2 atom stereocenters. The van der Waals surface area contributed by atoms with Crippen LogP contribution < -0.4 is 4.80 Å². The minimum absolute atomic E-state index is 0.201. The summed E-state index contributed by atoms with van der Waals surface area (Å²) in [6, 6.07) is 11.6. The number of sulfonamides is 1. The second-order valence-electron chi connectivity index (χ2n) is 8.27. The molecule has 1 saturated heterocycles. The highest BCUT2D eigenvalue weighted by atomic mass is 35.5. The smallest absolute Gasteiger partial charge is 0.279 e. The van der Waals surface area contributed by atoms with Gasteiger partial charge < -0.3 is 4.57 Å². The van der Waals surface area contributed by atoms with Gasteiger partial charge in [-0.2, -0.15) is 9.30 Å². The van der Waals surface area contributed by atoms with Crippen LogP contribution in [0.15, 0.2) is 52.4 Å². The molecule has 164 valence electrons. The van der Waals surface area contributed by atoms with Crippen LogP contribution in [0.1, 0.15) is 30.6 Å². The molecule has 4 rings (SSSR count). The van der Waals surface area contributed by atoms with Crippen molar-refractivity contribution in [2.75, 3.05) is 13.1 Å². The summed E-state index contributed by atoms with van der Waals surface area (Å²) in [6.45, 7) is 5.19. The maximum absolute atomic E-state index is 13.0. The van der Waals surface area contributed by atoms with E-state index in [-0.39, 0.29) is 4.90 Å². The maximum Gasteiger partial charge on any atom is 0.279 e. The molecule has 6 nitrogen and oxygen atoms in total. The molecule has 0 N–H and O–H groups in total. The Morgan fingerprint density at radius 2 is 1.74 bits per heavy atom. The van der Waals surface area contributed by atoms with E-state index in [1.807, 2.05) is 23.7 Å².